The highest BCUT2D eigenvalue weighted by Gasteiger charge is 2.25. The number of amides is 1. The lowest BCUT2D eigenvalue weighted by Gasteiger charge is -2.32. The number of ether oxygens (including phenoxy) is 2. The third kappa shape index (κ3) is 6.22. The van der Waals surface area contributed by atoms with Crippen LogP contribution in [0.3, 0.4) is 0 Å². The van der Waals surface area contributed by atoms with Gasteiger partial charge in [-0.1, -0.05) is 53.5 Å². The van der Waals surface area contributed by atoms with Gasteiger partial charge in [0.2, 0.25) is 0 Å². The summed E-state index contributed by atoms with van der Waals surface area (Å²) >= 11 is 12.5. The van der Waals surface area contributed by atoms with E-state index in [1.807, 2.05) is 18.2 Å². The van der Waals surface area contributed by atoms with Gasteiger partial charge in [-0.25, -0.2) is 4.68 Å². The first-order chi connectivity index (χ1) is 18.9. The number of rotatable bonds is 8. The van der Waals surface area contributed by atoms with Crippen molar-refractivity contribution in [1.29, 1.82) is 0 Å². The van der Waals surface area contributed by atoms with E-state index in [0.29, 0.717) is 38.6 Å². The van der Waals surface area contributed by atoms with Crippen molar-refractivity contribution < 1.29 is 14.3 Å². The van der Waals surface area contributed by atoms with Gasteiger partial charge < -0.3 is 14.8 Å². The van der Waals surface area contributed by atoms with E-state index in [4.69, 9.17) is 37.8 Å². The lowest BCUT2D eigenvalue weighted by atomic mass is 10.0. The SMILES string of the molecule is COc1ccc(-c2cc(C(=O)NC3CCN(Cc4ccccc4)CC3)n(-c3ccc(Cl)c(Cl)c3)n2)c(OC)c1. The number of benzene rings is 3. The Bertz CT molecular complexity index is 1450. The number of hydrogen-bond acceptors (Lipinski definition) is 5. The van der Waals surface area contributed by atoms with Crippen LogP contribution in [0.2, 0.25) is 10.0 Å². The number of nitrogens with zero attached hydrogens (tertiary/aromatic N) is 3. The van der Waals surface area contributed by atoms with E-state index in [1.54, 1.807) is 49.2 Å². The quantitative estimate of drug-likeness (QED) is 0.273. The van der Waals surface area contributed by atoms with Crippen LogP contribution in [-0.4, -0.2) is 53.9 Å². The highest BCUT2D eigenvalue weighted by atomic mass is 35.5. The van der Waals surface area contributed by atoms with Crippen molar-refractivity contribution in [2.24, 2.45) is 0 Å². The number of nitrogens with one attached hydrogen (secondary N) is 1. The summed E-state index contributed by atoms with van der Waals surface area (Å²) in [5.41, 5.74) is 3.65. The number of methoxy groups -OCH3 is 2. The molecule has 0 radical (unpaired) electrons. The first kappa shape index (κ1) is 27.1. The molecular weight excluding hydrogens is 535 g/mol. The third-order valence-corrected chi connectivity index (χ3v) is 7.69. The zero-order valence-corrected chi connectivity index (χ0v) is 23.4. The van der Waals surface area contributed by atoms with Crippen LogP contribution in [0.1, 0.15) is 28.9 Å². The van der Waals surface area contributed by atoms with Crippen molar-refractivity contribution in [2.45, 2.75) is 25.4 Å². The monoisotopic (exact) mass is 564 g/mol. The lowest BCUT2D eigenvalue weighted by molar-refractivity contribution is 0.0901. The van der Waals surface area contributed by atoms with E-state index in [0.717, 1.165) is 38.0 Å². The maximum absolute atomic E-state index is 13.6. The standard InChI is InChI=1S/C30H30Cl2N4O3/c1-38-23-9-10-24(29(17-23)39-2)27-18-28(36(34-27)22-8-11-25(31)26(32)16-22)30(37)33-21-12-14-35(15-13-21)19-20-6-4-3-5-7-20/h3-11,16-18,21H,12-15,19H2,1-2H3,(H,33,37). The highest BCUT2D eigenvalue weighted by Crippen LogP contribution is 2.34. The maximum Gasteiger partial charge on any atom is 0.270 e. The topological polar surface area (TPSA) is 68.6 Å². The zero-order valence-electron chi connectivity index (χ0n) is 21.9. The van der Waals surface area contributed by atoms with Crippen molar-refractivity contribution in [1.82, 2.24) is 20.0 Å². The molecule has 0 atom stereocenters. The Hall–Kier alpha value is -3.52. The summed E-state index contributed by atoms with van der Waals surface area (Å²) in [6.45, 7) is 2.75. The second-order valence-electron chi connectivity index (χ2n) is 9.50. The molecule has 2 heterocycles. The molecule has 4 aromatic rings. The molecule has 39 heavy (non-hydrogen) atoms. The molecule has 0 aliphatic carbocycles. The van der Waals surface area contributed by atoms with Crippen LogP contribution in [0.25, 0.3) is 16.9 Å². The van der Waals surface area contributed by atoms with Crippen LogP contribution in [0.4, 0.5) is 0 Å². The summed E-state index contributed by atoms with van der Waals surface area (Å²) in [5.74, 6) is 1.05. The van der Waals surface area contributed by atoms with E-state index < -0.39 is 0 Å². The van der Waals surface area contributed by atoms with Crippen LogP contribution in [-0.2, 0) is 6.54 Å². The molecule has 202 valence electrons. The Kier molecular flexibility index (Phi) is 8.41. The molecule has 1 aliphatic rings. The molecule has 0 spiro atoms. The number of carbonyl (C=O) groups excluding carboxylic acids is 1. The van der Waals surface area contributed by atoms with Gasteiger partial charge in [-0.05, 0) is 54.8 Å². The zero-order chi connectivity index (χ0) is 27.4. The van der Waals surface area contributed by atoms with Gasteiger partial charge in [-0.15, -0.1) is 0 Å². The molecule has 0 unspecified atom stereocenters. The third-order valence-electron chi connectivity index (χ3n) is 6.95. The molecule has 1 aromatic heterocycles. The molecule has 1 N–H and O–H groups in total. The maximum atomic E-state index is 13.6. The van der Waals surface area contributed by atoms with E-state index in [2.05, 4.69) is 34.5 Å². The van der Waals surface area contributed by atoms with Crippen LogP contribution in [0.15, 0.2) is 72.8 Å². The van der Waals surface area contributed by atoms with Crippen molar-refractivity contribution >= 4 is 29.1 Å². The first-order valence-corrected chi connectivity index (χ1v) is 13.6. The van der Waals surface area contributed by atoms with Gasteiger partial charge in [0.25, 0.3) is 5.91 Å². The van der Waals surface area contributed by atoms with Gasteiger partial charge >= 0.3 is 0 Å². The second kappa shape index (κ2) is 12.1. The summed E-state index contributed by atoms with van der Waals surface area (Å²) < 4.78 is 12.5. The molecule has 1 aliphatic heterocycles. The Labute approximate surface area is 238 Å². The average molecular weight is 566 g/mol. The lowest BCUT2D eigenvalue weighted by Crippen LogP contribution is -2.44. The minimum atomic E-state index is -0.200. The summed E-state index contributed by atoms with van der Waals surface area (Å²) in [4.78, 5) is 16.1. The predicted octanol–water partition coefficient (Wildman–Crippen LogP) is 6.26. The van der Waals surface area contributed by atoms with Crippen molar-refractivity contribution in [2.75, 3.05) is 27.3 Å². The fourth-order valence-electron chi connectivity index (χ4n) is 4.83. The number of hydrogen-bond donors (Lipinski definition) is 1. The minimum absolute atomic E-state index is 0.0700. The summed E-state index contributed by atoms with van der Waals surface area (Å²) in [7, 11) is 3.19. The molecule has 9 heteroatoms. The number of carbonyl (C=O) groups is 1. The van der Waals surface area contributed by atoms with Crippen LogP contribution in [0, 0.1) is 0 Å². The number of aromatic nitrogens is 2. The molecule has 0 saturated carbocycles. The predicted molar refractivity (Wildman–Crippen MR) is 154 cm³/mol. The molecule has 1 saturated heterocycles. The smallest absolute Gasteiger partial charge is 0.270 e. The molecule has 3 aromatic carbocycles. The van der Waals surface area contributed by atoms with Crippen molar-refractivity contribution in [3.63, 3.8) is 0 Å². The molecule has 1 amide bonds. The van der Waals surface area contributed by atoms with E-state index >= 15 is 0 Å². The van der Waals surface area contributed by atoms with Crippen LogP contribution < -0.4 is 14.8 Å². The summed E-state index contributed by atoms with van der Waals surface area (Å²) in [5, 5.41) is 8.82. The highest BCUT2D eigenvalue weighted by molar-refractivity contribution is 6.42. The van der Waals surface area contributed by atoms with Gasteiger partial charge in [0.1, 0.15) is 17.2 Å². The fourth-order valence-corrected chi connectivity index (χ4v) is 5.13. The number of likely N-dealkylation sites (tertiary alicyclic amines) is 1. The van der Waals surface area contributed by atoms with Gasteiger partial charge in [0.15, 0.2) is 0 Å². The van der Waals surface area contributed by atoms with Gasteiger partial charge in [-0.3, -0.25) is 9.69 Å². The molecular formula is C30H30Cl2N4O3. The Morgan fingerprint density at radius 2 is 1.72 bits per heavy atom. The van der Waals surface area contributed by atoms with Crippen LogP contribution in [0.5, 0.6) is 11.5 Å². The Morgan fingerprint density at radius 1 is 0.949 bits per heavy atom. The van der Waals surface area contributed by atoms with E-state index in [-0.39, 0.29) is 11.9 Å². The average Bonchev–Trinajstić information content (AvgIpc) is 3.41. The fraction of sp³-hybridized carbons (Fsp3) is 0.267. The van der Waals surface area contributed by atoms with Crippen molar-refractivity contribution in [3.05, 3.63) is 94.1 Å². The van der Waals surface area contributed by atoms with Gasteiger partial charge in [0, 0.05) is 37.3 Å². The summed E-state index contributed by atoms with van der Waals surface area (Å²) in [6, 6.07) is 23.0. The molecule has 5 rings (SSSR count). The largest absolute Gasteiger partial charge is 0.497 e. The number of piperidine rings is 1. The molecule has 7 nitrogen and oxygen atoms in total. The van der Waals surface area contributed by atoms with Crippen LogP contribution >= 0.6 is 23.2 Å². The normalized spacial score (nSPS) is 14.3. The first-order valence-electron chi connectivity index (χ1n) is 12.8. The molecule has 1 fully saturated rings. The second-order valence-corrected chi connectivity index (χ2v) is 10.3. The van der Waals surface area contributed by atoms with Crippen molar-refractivity contribution in [3.8, 4) is 28.4 Å². The van der Waals surface area contributed by atoms with Gasteiger partial charge in [0.05, 0.1) is 35.6 Å². The van der Waals surface area contributed by atoms with Gasteiger partial charge in [-0.2, -0.15) is 5.10 Å². The van der Waals surface area contributed by atoms with E-state index in [9.17, 15) is 4.79 Å². The minimum Gasteiger partial charge on any atom is -0.497 e. The number of halogens is 2. The Balaban J connectivity index is 1.39. The molecule has 0 bridgehead atoms. The van der Waals surface area contributed by atoms with E-state index in [1.165, 1.54) is 5.56 Å². The summed E-state index contributed by atoms with van der Waals surface area (Å²) in [6.07, 6.45) is 1.75. The Morgan fingerprint density at radius 3 is 2.41 bits per heavy atom.